The lowest BCUT2D eigenvalue weighted by molar-refractivity contribution is 0.0332. The maximum Gasteiger partial charge on any atom is 0.119 e. The van der Waals surface area contributed by atoms with Crippen molar-refractivity contribution in [3.63, 3.8) is 0 Å². The van der Waals surface area contributed by atoms with E-state index in [0.29, 0.717) is 13.2 Å². The Kier molecular flexibility index (Phi) is 5.15. The summed E-state index contributed by atoms with van der Waals surface area (Å²) in [7, 11) is 0. The van der Waals surface area contributed by atoms with Crippen molar-refractivity contribution in [1.29, 1.82) is 0 Å². The van der Waals surface area contributed by atoms with E-state index in [2.05, 4.69) is 0 Å². The molecule has 0 bridgehead atoms. The molecule has 0 amide bonds. The van der Waals surface area contributed by atoms with Gasteiger partial charge in [-0.05, 0) is 26.0 Å². The number of para-hydroxylation sites is 1. The molecule has 0 aromatic heterocycles. The van der Waals surface area contributed by atoms with Crippen LogP contribution in [0.4, 0.5) is 0 Å². The quantitative estimate of drug-likeness (QED) is 0.727. The number of hydrogen-bond donors (Lipinski definition) is 1. The van der Waals surface area contributed by atoms with Crippen LogP contribution < -0.4 is 10.5 Å². The molecule has 3 heteroatoms. The van der Waals surface area contributed by atoms with Crippen LogP contribution in [0.5, 0.6) is 5.75 Å². The molecule has 84 valence electrons. The highest BCUT2D eigenvalue weighted by Crippen LogP contribution is 2.07. The number of rotatable bonds is 6. The molecular weight excluding hydrogens is 190 g/mol. The van der Waals surface area contributed by atoms with E-state index in [9.17, 15) is 0 Å². The van der Waals surface area contributed by atoms with Crippen LogP contribution in [0.25, 0.3) is 0 Å². The molecule has 0 aliphatic heterocycles. The number of hydrogen-bond acceptors (Lipinski definition) is 3. The second-order valence-electron chi connectivity index (χ2n) is 3.60. The molecule has 1 aromatic rings. The van der Waals surface area contributed by atoms with E-state index in [4.69, 9.17) is 15.2 Å². The summed E-state index contributed by atoms with van der Waals surface area (Å²) in [5.74, 6) is 0.870. The molecule has 0 heterocycles. The van der Waals surface area contributed by atoms with Gasteiger partial charge in [0.25, 0.3) is 0 Å². The van der Waals surface area contributed by atoms with Gasteiger partial charge in [-0.1, -0.05) is 18.2 Å². The number of benzene rings is 1. The highest BCUT2D eigenvalue weighted by atomic mass is 16.5. The SMILES string of the molecule is CC(OCCOc1ccccc1)[C@H](C)N. The van der Waals surface area contributed by atoms with Crippen LogP contribution in [-0.2, 0) is 4.74 Å². The summed E-state index contributed by atoms with van der Waals surface area (Å²) in [4.78, 5) is 0. The Balaban J connectivity index is 2.12. The molecule has 0 radical (unpaired) electrons. The lowest BCUT2D eigenvalue weighted by Crippen LogP contribution is -2.32. The Labute approximate surface area is 91.2 Å². The number of ether oxygens (including phenoxy) is 2. The second-order valence-corrected chi connectivity index (χ2v) is 3.60. The largest absolute Gasteiger partial charge is 0.491 e. The van der Waals surface area contributed by atoms with E-state index < -0.39 is 0 Å². The fourth-order valence-electron chi connectivity index (χ4n) is 1.06. The Bertz CT molecular complexity index is 262. The maximum absolute atomic E-state index is 5.66. The van der Waals surface area contributed by atoms with Gasteiger partial charge in [0.1, 0.15) is 12.4 Å². The molecular formula is C12H19NO2. The second kappa shape index (κ2) is 6.43. The smallest absolute Gasteiger partial charge is 0.119 e. The van der Waals surface area contributed by atoms with Gasteiger partial charge < -0.3 is 15.2 Å². The van der Waals surface area contributed by atoms with E-state index in [0.717, 1.165) is 5.75 Å². The van der Waals surface area contributed by atoms with Crippen molar-refractivity contribution in [3.05, 3.63) is 30.3 Å². The molecule has 1 unspecified atom stereocenters. The summed E-state index contributed by atoms with van der Waals surface area (Å²) in [6.45, 7) is 5.02. The van der Waals surface area contributed by atoms with Crippen molar-refractivity contribution in [2.45, 2.75) is 26.0 Å². The van der Waals surface area contributed by atoms with Gasteiger partial charge in [-0.25, -0.2) is 0 Å². The van der Waals surface area contributed by atoms with Crippen molar-refractivity contribution >= 4 is 0 Å². The zero-order valence-corrected chi connectivity index (χ0v) is 9.35. The zero-order chi connectivity index (χ0) is 11.1. The van der Waals surface area contributed by atoms with Gasteiger partial charge in [0.05, 0.1) is 12.7 Å². The molecule has 2 atom stereocenters. The maximum atomic E-state index is 5.66. The Morgan fingerprint density at radius 3 is 2.40 bits per heavy atom. The molecule has 0 aliphatic carbocycles. The van der Waals surface area contributed by atoms with E-state index in [1.54, 1.807) is 0 Å². The molecule has 1 aromatic carbocycles. The minimum absolute atomic E-state index is 0.0572. The van der Waals surface area contributed by atoms with E-state index in [-0.39, 0.29) is 12.1 Å². The average Bonchev–Trinajstić information content (AvgIpc) is 2.25. The highest BCUT2D eigenvalue weighted by molar-refractivity contribution is 5.20. The highest BCUT2D eigenvalue weighted by Gasteiger charge is 2.06. The first-order chi connectivity index (χ1) is 7.20. The van der Waals surface area contributed by atoms with Crippen LogP contribution in [0.2, 0.25) is 0 Å². The first-order valence-corrected chi connectivity index (χ1v) is 5.25. The van der Waals surface area contributed by atoms with Gasteiger partial charge in [0.15, 0.2) is 0 Å². The third kappa shape index (κ3) is 4.81. The summed E-state index contributed by atoms with van der Waals surface area (Å²) in [5.41, 5.74) is 5.66. The molecule has 2 N–H and O–H groups in total. The molecule has 0 fully saturated rings. The van der Waals surface area contributed by atoms with E-state index in [1.807, 2.05) is 44.2 Å². The molecule has 3 nitrogen and oxygen atoms in total. The topological polar surface area (TPSA) is 44.5 Å². The third-order valence-corrected chi connectivity index (χ3v) is 2.22. The Hall–Kier alpha value is -1.06. The zero-order valence-electron chi connectivity index (χ0n) is 9.35. The normalized spacial score (nSPS) is 14.6. The molecule has 0 saturated carbocycles. The van der Waals surface area contributed by atoms with Crippen LogP contribution in [0.15, 0.2) is 30.3 Å². The monoisotopic (exact) mass is 209 g/mol. The summed E-state index contributed by atoms with van der Waals surface area (Å²) >= 11 is 0. The van der Waals surface area contributed by atoms with E-state index >= 15 is 0 Å². The first kappa shape index (κ1) is 12.0. The summed E-state index contributed by atoms with van der Waals surface area (Å²) in [5, 5.41) is 0. The molecule has 0 aliphatic rings. The summed E-state index contributed by atoms with van der Waals surface area (Å²) in [6.07, 6.45) is 0.0735. The van der Waals surface area contributed by atoms with Crippen LogP contribution >= 0.6 is 0 Å². The fourth-order valence-corrected chi connectivity index (χ4v) is 1.06. The molecule has 0 saturated heterocycles. The van der Waals surface area contributed by atoms with Crippen LogP contribution in [0.3, 0.4) is 0 Å². The van der Waals surface area contributed by atoms with Crippen molar-refractivity contribution in [2.24, 2.45) is 5.73 Å². The van der Waals surface area contributed by atoms with E-state index in [1.165, 1.54) is 0 Å². The first-order valence-electron chi connectivity index (χ1n) is 5.25. The van der Waals surface area contributed by atoms with Crippen LogP contribution in [0, 0.1) is 0 Å². The number of nitrogens with two attached hydrogens (primary N) is 1. The van der Waals surface area contributed by atoms with Crippen molar-refractivity contribution in [3.8, 4) is 5.75 Å². The van der Waals surface area contributed by atoms with Crippen molar-refractivity contribution in [1.82, 2.24) is 0 Å². The standard InChI is InChI=1S/C12H19NO2/c1-10(13)11(2)14-8-9-15-12-6-4-3-5-7-12/h3-7,10-11H,8-9,13H2,1-2H3/t10-,11?/m0/s1. The van der Waals surface area contributed by atoms with Gasteiger partial charge in [0.2, 0.25) is 0 Å². The van der Waals surface area contributed by atoms with Crippen LogP contribution in [0.1, 0.15) is 13.8 Å². The van der Waals surface area contributed by atoms with Gasteiger partial charge in [0, 0.05) is 6.04 Å². The van der Waals surface area contributed by atoms with Gasteiger partial charge in [-0.2, -0.15) is 0 Å². The predicted molar refractivity (Wildman–Crippen MR) is 61.0 cm³/mol. The molecule has 0 spiro atoms. The average molecular weight is 209 g/mol. The van der Waals surface area contributed by atoms with Gasteiger partial charge >= 0.3 is 0 Å². The van der Waals surface area contributed by atoms with Gasteiger partial charge in [-0.15, -0.1) is 0 Å². The predicted octanol–water partition coefficient (Wildman–Crippen LogP) is 1.82. The third-order valence-electron chi connectivity index (χ3n) is 2.22. The Morgan fingerprint density at radius 2 is 1.80 bits per heavy atom. The van der Waals surface area contributed by atoms with Crippen LogP contribution in [-0.4, -0.2) is 25.4 Å². The fraction of sp³-hybridized carbons (Fsp3) is 0.500. The minimum Gasteiger partial charge on any atom is -0.491 e. The van der Waals surface area contributed by atoms with Gasteiger partial charge in [-0.3, -0.25) is 0 Å². The summed E-state index contributed by atoms with van der Waals surface area (Å²) in [6, 6.07) is 9.76. The van der Waals surface area contributed by atoms with Crippen molar-refractivity contribution in [2.75, 3.05) is 13.2 Å². The lowest BCUT2D eigenvalue weighted by atomic mass is 10.2. The minimum atomic E-state index is 0.0572. The van der Waals surface area contributed by atoms with Crippen molar-refractivity contribution < 1.29 is 9.47 Å². The Morgan fingerprint density at radius 1 is 1.13 bits per heavy atom. The summed E-state index contributed by atoms with van der Waals surface area (Å²) < 4.78 is 10.9. The molecule has 15 heavy (non-hydrogen) atoms. The molecule has 1 rings (SSSR count). The lowest BCUT2D eigenvalue weighted by Gasteiger charge is -2.16.